The molecule has 0 aliphatic rings. The highest BCUT2D eigenvalue weighted by atomic mass is 32.2. The Hall–Kier alpha value is -1.10. The highest BCUT2D eigenvalue weighted by molar-refractivity contribution is 8.13. The number of rotatable bonds is 1. The molecule has 5 heteroatoms. The quantitative estimate of drug-likeness (QED) is 0.521. The Kier molecular flexibility index (Phi) is 3.04. The lowest BCUT2D eigenvalue weighted by Gasteiger charge is -1.95. The number of aromatic nitrogens is 2. The molecule has 0 radical (unpaired) electrons. The van der Waals surface area contributed by atoms with Crippen LogP contribution in [0.5, 0.6) is 0 Å². The van der Waals surface area contributed by atoms with Crippen molar-refractivity contribution in [2.45, 2.75) is 6.92 Å². The normalized spacial score (nSPS) is 11.7. The van der Waals surface area contributed by atoms with E-state index in [1.165, 1.54) is 11.8 Å². The molecule has 1 aromatic rings. The summed E-state index contributed by atoms with van der Waals surface area (Å²) in [6.45, 7) is 1.82. The van der Waals surface area contributed by atoms with E-state index in [0.717, 1.165) is 5.82 Å². The molecule has 0 bridgehead atoms. The second-order valence-electron chi connectivity index (χ2n) is 2.14. The van der Waals surface area contributed by atoms with Gasteiger partial charge >= 0.3 is 0 Å². The van der Waals surface area contributed by atoms with Crippen LogP contribution < -0.4 is 5.73 Å². The molecule has 64 valence electrons. The van der Waals surface area contributed by atoms with Crippen molar-refractivity contribution in [2.75, 3.05) is 6.26 Å². The Balaban J connectivity index is 2.84. The third-order valence-electron chi connectivity index (χ3n) is 1.22. The lowest BCUT2D eigenvalue weighted by Crippen LogP contribution is -2.04. The molecule has 1 heterocycles. The molecule has 0 saturated carbocycles. The first-order valence-corrected chi connectivity index (χ1v) is 4.61. The minimum atomic E-state index is 0.516. The predicted octanol–water partition coefficient (Wildman–Crippen LogP) is 1.09. The molecule has 0 aromatic carbocycles. The highest BCUT2D eigenvalue weighted by Gasteiger charge is 1.92. The number of hydrogen-bond donors (Lipinski definition) is 1. The van der Waals surface area contributed by atoms with Crippen LogP contribution in [-0.4, -0.2) is 21.4 Å². The van der Waals surface area contributed by atoms with Crippen LogP contribution in [-0.2, 0) is 0 Å². The molecule has 0 unspecified atom stereocenters. The third-order valence-corrected chi connectivity index (χ3v) is 1.73. The number of nitrogens with zero attached hydrogens (tertiary/aromatic N) is 3. The van der Waals surface area contributed by atoms with Crippen LogP contribution >= 0.6 is 11.8 Å². The molecule has 12 heavy (non-hydrogen) atoms. The summed E-state index contributed by atoms with van der Waals surface area (Å²) in [7, 11) is 0. The fourth-order valence-corrected chi connectivity index (χ4v) is 0.813. The summed E-state index contributed by atoms with van der Waals surface area (Å²) >= 11 is 1.40. The van der Waals surface area contributed by atoms with Crippen LogP contribution in [0, 0.1) is 6.92 Å². The average molecular weight is 182 g/mol. The van der Waals surface area contributed by atoms with E-state index in [4.69, 9.17) is 5.73 Å². The van der Waals surface area contributed by atoms with E-state index in [1.54, 1.807) is 12.4 Å². The zero-order valence-electron chi connectivity index (χ0n) is 6.98. The van der Waals surface area contributed by atoms with Gasteiger partial charge in [0.05, 0.1) is 12.4 Å². The van der Waals surface area contributed by atoms with E-state index in [-0.39, 0.29) is 0 Å². The van der Waals surface area contributed by atoms with Crippen LogP contribution in [0.2, 0.25) is 0 Å². The first kappa shape index (κ1) is 8.99. The summed E-state index contributed by atoms with van der Waals surface area (Å²) in [6, 6.07) is 0. The van der Waals surface area contributed by atoms with Gasteiger partial charge in [0.15, 0.2) is 5.17 Å². The van der Waals surface area contributed by atoms with Crippen molar-refractivity contribution in [3.8, 4) is 0 Å². The van der Waals surface area contributed by atoms with Crippen molar-refractivity contribution in [3.63, 3.8) is 0 Å². The van der Waals surface area contributed by atoms with Gasteiger partial charge in [0, 0.05) is 0 Å². The summed E-state index contributed by atoms with van der Waals surface area (Å²) in [5.74, 6) is 0.733. The largest absolute Gasteiger partial charge is 0.378 e. The molecule has 1 rings (SSSR count). The molecular weight excluding hydrogens is 172 g/mol. The van der Waals surface area contributed by atoms with Crippen molar-refractivity contribution in [2.24, 2.45) is 10.7 Å². The van der Waals surface area contributed by atoms with Gasteiger partial charge in [-0.25, -0.2) is 15.0 Å². The summed E-state index contributed by atoms with van der Waals surface area (Å²) in [5, 5.41) is 0.516. The fourth-order valence-electron chi connectivity index (χ4n) is 0.616. The SMILES string of the molecule is CSC(N)=Nc1cnc(C)nc1. The first-order valence-electron chi connectivity index (χ1n) is 3.39. The Morgan fingerprint density at radius 3 is 2.58 bits per heavy atom. The van der Waals surface area contributed by atoms with E-state index < -0.39 is 0 Å². The Bertz CT molecular complexity index is 280. The van der Waals surface area contributed by atoms with Gasteiger partial charge in [-0.2, -0.15) is 0 Å². The molecule has 0 aliphatic heterocycles. The maximum absolute atomic E-state index is 5.50. The third kappa shape index (κ3) is 2.50. The van der Waals surface area contributed by atoms with Gasteiger partial charge in [0.2, 0.25) is 0 Å². The standard InChI is InChI=1S/C7H10N4S/c1-5-9-3-6(4-10-5)11-7(8)12-2/h3-4H,1-2H3,(H2,8,11). The van der Waals surface area contributed by atoms with Gasteiger partial charge in [-0.1, -0.05) is 11.8 Å². The molecule has 0 atom stereocenters. The van der Waals surface area contributed by atoms with Crippen molar-refractivity contribution in [1.29, 1.82) is 0 Å². The molecular formula is C7H10N4S. The molecule has 0 spiro atoms. The molecule has 4 nitrogen and oxygen atoms in total. The summed E-state index contributed by atoms with van der Waals surface area (Å²) in [6.07, 6.45) is 5.16. The number of aliphatic imine (C=N–C) groups is 1. The molecule has 0 amide bonds. The molecule has 0 aliphatic carbocycles. The van der Waals surface area contributed by atoms with Gasteiger partial charge in [-0.05, 0) is 13.2 Å². The van der Waals surface area contributed by atoms with Gasteiger partial charge in [-0.15, -0.1) is 0 Å². The number of amidine groups is 1. The molecule has 0 fully saturated rings. The number of nitrogens with two attached hydrogens (primary N) is 1. The number of thioether (sulfide) groups is 1. The van der Waals surface area contributed by atoms with Crippen molar-refractivity contribution >= 4 is 22.6 Å². The minimum absolute atomic E-state index is 0.516. The lowest BCUT2D eigenvalue weighted by atomic mass is 10.5. The van der Waals surface area contributed by atoms with Gasteiger partial charge < -0.3 is 5.73 Å². The van der Waals surface area contributed by atoms with Crippen LogP contribution in [0.4, 0.5) is 5.69 Å². The summed E-state index contributed by atoms with van der Waals surface area (Å²) in [4.78, 5) is 12.0. The minimum Gasteiger partial charge on any atom is -0.378 e. The second kappa shape index (κ2) is 4.06. The Labute approximate surface area is 75.3 Å². The molecule has 1 aromatic heterocycles. The summed E-state index contributed by atoms with van der Waals surface area (Å²) < 4.78 is 0. The highest BCUT2D eigenvalue weighted by Crippen LogP contribution is 2.09. The second-order valence-corrected chi connectivity index (χ2v) is 2.97. The maximum Gasteiger partial charge on any atom is 0.159 e. The zero-order chi connectivity index (χ0) is 8.97. The van der Waals surface area contributed by atoms with Crippen LogP contribution in [0.3, 0.4) is 0 Å². The van der Waals surface area contributed by atoms with Crippen LogP contribution in [0.25, 0.3) is 0 Å². The Morgan fingerprint density at radius 1 is 1.50 bits per heavy atom. The summed E-state index contributed by atoms with van der Waals surface area (Å²) in [5.41, 5.74) is 6.19. The fraction of sp³-hybridized carbons (Fsp3) is 0.286. The topological polar surface area (TPSA) is 64.2 Å². The van der Waals surface area contributed by atoms with Gasteiger partial charge in [0.1, 0.15) is 11.5 Å². The zero-order valence-corrected chi connectivity index (χ0v) is 7.80. The number of aryl methyl sites for hydroxylation is 1. The van der Waals surface area contributed by atoms with E-state index in [0.29, 0.717) is 10.9 Å². The lowest BCUT2D eigenvalue weighted by molar-refractivity contribution is 1.05. The van der Waals surface area contributed by atoms with E-state index in [1.807, 2.05) is 13.2 Å². The average Bonchev–Trinajstić information content (AvgIpc) is 2.09. The van der Waals surface area contributed by atoms with Crippen LogP contribution in [0.1, 0.15) is 5.82 Å². The Morgan fingerprint density at radius 2 is 2.08 bits per heavy atom. The van der Waals surface area contributed by atoms with E-state index in [2.05, 4.69) is 15.0 Å². The van der Waals surface area contributed by atoms with Crippen molar-refractivity contribution in [1.82, 2.24) is 9.97 Å². The monoisotopic (exact) mass is 182 g/mol. The number of hydrogen-bond acceptors (Lipinski definition) is 4. The van der Waals surface area contributed by atoms with Gasteiger partial charge in [-0.3, -0.25) is 0 Å². The maximum atomic E-state index is 5.50. The first-order chi connectivity index (χ1) is 5.72. The smallest absolute Gasteiger partial charge is 0.159 e. The van der Waals surface area contributed by atoms with Gasteiger partial charge in [0.25, 0.3) is 0 Å². The molecule has 2 N–H and O–H groups in total. The van der Waals surface area contributed by atoms with Crippen molar-refractivity contribution < 1.29 is 0 Å². The van der Waals surface area contributed by atoms with Crippen molar-refractivity contribution in [3.05, 3.63) is 18.2 Å². The van der Waals surface area contributed by atoms with E-state index >= 15 is 0 Å². The van der Waals surface area contributed by atoms with Crippen LogP contribution in [0.15, 0.2) is 17.4 Å². The predicted molar refractivity (Wildman–Crippen MR) is 51.6 cm³/mol. The van der Waals surface area contributed by atoms with E-state index in [9.17, 15) is 0 Å². The molecule has 0 saturated heterocycles.